The van der Waals surface area contributed by atoms with Gasteiger partial charge in [0.05, 0.1) is 62.3 Å². The molecule has 0 aliphatic heterocycles. The van der Waals surface area contributed by atoms with E-state index in [0.29, 0.717) is 0 Å². The van der Waals surface area contributed by atoms with Crippen molar-refractivity contribution in [1.82, 2.24) is 4.98 Å². The van der Waals surface area contributed by atoms with E-state index in [1.54, 1.807) is 0 Å². The molecule has 3 rings (SSSR count). The molecule has 0 spiro atoms. The lowest BCUT2D eigenvalue weighted by Crippen LogP contribution is -2.05. The van der Waals surface area contributed by atoms with Crippen LogP contribution in [0, 0.1) is 0 Å². The summed E-state index contributed by atoms with van der Waals surface area (Å²) in [4.78, 5) is 15.9. The van der Waals surface area contributed by atoms with Crippen LogP contribution in [0.1, 0.15) is 5.56 Å². The van der Waals surface area contributed by atoms with Crippen LogP contribution in [0.3, 0.4) is 0 Å². The zero-order chi connectivity index (χ0) is 24.1. The molecule has 32 heavy (non-hydrogen) atoms. The minimum absolute atomic E-state index is 0.0658. The molecule has 168 valence electrons. The Labute approximate surface area is 231 Å². The third-order valence-corrected chi connectivity index (χ3v) is 8.84. The van der Waals surface area contributed by atoms with Gasteiger partial charge >= 0.3 is 5.97 Å². The van der Waals surface area contributed by atoms with Crippen molar-refractivity contribution in [1.29, 1.82) is 0 Å². The van der Waals surface area contributed by atoms with Gasteiger partial charge in [-0.05, 0) is 11.6 Å². The smallest absolute Gasteiger partial charge is 0.307 e. The van der Waals surface area contributed by atoms with E-state index in [1.807, 2.05) is 0 Å². The van der Waals surface area contributed by atoms with Crippen molar-refractivity contribution >= 4 is 122 Å². The molecule has 0 unspecified atom stereocenters. The Morgan fingerprint density at radius 3 is 1.41 bits per heavy atom. The minimum atomic E-state index is -1.15. The van der Waals surface area contributed by atoms with E-state index in [2.05, 4.69) is 4.98 Å². The number of hydrogen-bond donors (Lipinski definition) is 1. The average Bonchev–Trinajstić information content (AvgIpc) is 2.75. The van der Waals surface area contributed by atoms with Crippen molar-refractivity contribution in [3.63, 3.8) is 0 Å². The van der Waals surface area contributed by atoms with Gasteiger partial charge in [-0.15, -0.1) is 0 Å². The number of aliphatic carboxylic acids is 1. The van der Waals surface area contributed by atoms with Gasteiger partial charge in [0.2, 0.25) is 0 Å². The summed E-state index contributed by atoms with van der Waals surface area (Å²) in [5.41, 5.74) is 0.599. The zero-order valence-corrected chi connectivity index (χ0v) is 22.5. The van der Waals surface area contributed by atoms with Crippen LogP contribution in [0.5, 0.6) is 0 Å². The van der Waals surface area contributed by atoms with Crippen LogP contribution in [0.4, 0.5) is 0 Å². The number of nitrogens with zero attached hydrogens (tertiary/aromatic N) is 1. The summed E-state index contributed by atoms with van der Waals surface area (Å²) in [5.74, 6) is -1.15. The fraction of sp³-hybridized carbons (Fsp3) is 0.0526. The van der Waals surface area contributed by atoms with Gasteiger partial charge in [0.25, 0.3) is 0 Å². The number of hydrogen-bond acceptors (Lipinski definition) is 2. The van der Waals surface area contributed by atoms with E-state index in [-0.39, 0.29) is 78.2 Å². The number of aromatic nitrogens is 1. The van der Waals surface area contributed by atoms with Gasteiger partial charge < -0.3 is 5.11 Å². The van der Waals surface area contributed by atoms with Crippen LogP contribution >= 0.6 is 116 Å². The van der Waals surface area contributed by atoms with E-state index in [1.165, 1.54) is 12.3 Å². The van der Waals surface area contributed by atoms with Gasteiger partial charge in [0, 0.05) is 22.9 Å². The van der Waals surface area contributed by atoms with Crippen molar-refractivity contribution in [2.45, 2.75) is 6.42 Å². The number of pyridine rings is 1. The van der Waals surface area contributed by atoms with Crippen molar-refractivity contribution in [2.75, 3.05) is 0 Å². The van der Waals surface area contributed by atoms with Gasteiger partial charge in [-0.25, -0.2) is 0 Å². The summed E-state index contributed by atoms with van der Waals surface area (Å²) < 4.78 is 0. The Morgan fingerprint density at radius 1 is 0.625 bits per heavy atom. The summed E-state index contributed by atoms with van der Waals surface area (Å²) >= 11 is 63.0. The number of rotatable bonds is 4. The largest absolute Gasteiger partial charge is 0.481 e. The molecule has 3 nitrogen and oxygen atoms in total. The zero-order valence-electron chi connectivity index (χ0n) is 14.9. The number of benzene rings is 2. The first kappa shape index (κ1) is 26.6. The van der Waals surface area contributed by atoms with Gasteiger partial charge in [-0.1, -0.05) is 116 Å². The molecule has 0 saturated heterocycles. The number of carboxylic acids is 1. The third kappa shape index (κ3) is 4.59. The summed E-state index contributed by atoms with van der Waals surface area (Å²) in [5, 5.41) is 8.60. The molecule has 2 aromatic carbocycles. The molecular weight excluding hydrogens is 629 g/mol. The molecular formula is C19H5Cl10NO2. The first-order valence-corrected chi connectivity index (χ1v) is 11.9. The number of carboxylic acid groups (broad SMARTS) is 1. The van der Waals surface area contributed by atoms with Crippen molar-refractivity contribution in [2.24, 2.45) is 0 Å². The van der Waals surface area contributed by atoms with E-state index in [0.717, 1.165) is 0 Å². The molecule has 1 N–H and O–H groups in total. The molecule has 0 atom stereocenters. The van der Waals surface area contributed by atoms with Gasteiger partial charge in [0.15, 0.2) is 0 Å². The molecule has 0 radical (unpaired) electrons. The highest BCUT2D eigenvalue weighted by Gasteiger charge is 2.29. The van der Waals surface area contributed by atoms with E-state index < -0.39 is 12.4 Å². The summed E-state index contributed by atoms with van der Waals surface area (Å²) in [6.45, 7) is 0. The fourth-order valence-corrected chi connectivity index (χ4v) is 5.56. The predicted molar refractivity (Wildman–Crippen MR) is 137 cm³/mol. The number of carbonyl (C=O) groups is 1. The molecule has 1 aromatic heterocycles. The highest BCUT2D eigenvalue weighted by atomic mass is 35.5. The van der Waals surface area contributed by atoms with Crippen LogP contribution in [-0.2, 0) is 11.2 Å². The standard InChI is InChI=1S/C19H5Cl10NO2/c20-9-7(10(21)14(25)17(28)13(9)24)6-4(3-5(31)32)1-2-30-19(6)8-11(22)15(26)18(29)16(27)12(8)23/h1-2H,3H2,(H,31,32). The van der Waals surface area contributed by atoms with Crippen molar-refractivity contribution in [3.8, 4) is 22.4 Å². The van der Waals surface area contributed by atoms with Gasteiger partial charge in [-0.3, -0.25) is 9.78 Å². The molecule has 1 heterocycles. The first-order valence-electron chi connectivity index (χ1n) is 8.13. The lowest BCUT2D eigenvalue weighted by Gasteiger charge is -2.20. The Balaban J connectivity index is 2.57. The summed E-state index contributed by atoms with van der Waals surface area (Å²) in [7, 11) is 0. The van der Waals surface area contributed by atoms with Gasteiger partial charge in [-0.2, -0.15) is 0 Å². The van der Waals surface area contributed by atoms with E-state index in [9.17, 15) is 9.90 Å². The summed E-state index contributed by atoms with van der Waals surface area (Å²) in [6, 6.07) is 1.46. The highest BCUT2D eigenvalue weighted by molar-refractivity contribution is 6.58. The molecule has 13 heteroatoms. The molecule has 0 saturated carbocycles. The molecule has 0 aliphatic rings. The second-order valence-corrected chi connectivity index (χ2v) is 9.93. The van der Waals surface area contributed by atoms with Crippen molar-refractivity contribution < 1.29 is 9.90 Å². The van der Waals surface area contributed by atoms with E-state index >= 15 is 0 Å². The maximum atomic E-state index is 11.6. The summed E-state index contributed by atoms with van der Waals surface area (Å²) in [6.07, 6.45) is 0.904. The highest BCUT2D eigenvalue weighted by Crippen LogP contribution is 2.54. The minimum Gasteiger partial charge on any atom is -0.481 e. The Bertz CT molecular complexity index is 1230. The van der Waals surface area contributed by atoms with Crippen LogP contribution < -0.4 is 0 Å². The lowest BCUT2D eigenvalue weighted by molar-refractivity contribution is -0.136. The Hall–Kier alpha value is -0.0400. The SMILES string of the molecule is O=C(O)Cc1ccnc(-c2c(Cl)c(Cl)c(Cl)c(Cl)c2Cl)c1-c1c(Cl)c(Cl)c(Cl)c(Cl)c1Cl. The number of halogens is 10. The van der Waals surface area contributed by atoms with Gasteiger partial charge in [0.1, 0.15) is 0 Å². The molecule has 0 amide bonds. The maximum absolute atomic E-state index is 11.6. The molecule has 0 bridgehead atoms. The molecule has 0 aliphatic carbocycles. The van der Waals surface area contributed by atoms with Crippen LogP contribution in [0.15, 0.2) is 12.3 Å². The predicted octanol–water partition coefficient (Wildman–Crippen LogP) is 10.6. The topological polar surface area (TPSA) is 50.2 Å². The quantitative estimate of drug-likeness (QED) is 0.230. The second kappa shape index (κ2) is 10.3. The van der Waals surface area contributed by atoms with E-state index in [4.69, 9.17) is 116 Å². The van der Waals surface area contributed by atoms with Crippen LogP contribution in [-0.4, -0.2) is 16.1 Å². The second-order valence-electron chi connectivity index (χ2n) is 6.15. The van der Waals surface area contributed by atoms with Crippen LogP contribution in [0.25, 0.3) is 22.4 Å². The van der Waals surface area contributed by atoms with Crippen molar-refractivity contribution in [3.05, 3.63) is 68.1 Å². The third-order valence-electron chi connectivity index (χ3n) is 4.29. The average molecular weight is 634 g/mol. The lowest BCUT2D eigenvalue weighted by atomic mass is 9.93. The monoisotopic (exact) mass is 629 g/mol. The first-order chi connectivity index (χ1) is 14.9. The molecule has 0 fully saturated rings. The normalized spacial score (nSPS) is 11.2. The molecule has 3 aromatic rings. The Morgan fingerprint density at radius 2 is 1.00 bits per heavy atom. The Kier molecular flexibility index (Phi) is 8.54. The maximum Gasteiger partial charge on any atom is 0.307 e. The fourth-order valence-electron chi connectivity index (χ4n) is 2.92. The van der Waals surface area contributed by atoms with Crippen LogP contribution in [0.2, 0.25) is 50.2 Å².